The molecular formula is C18H28N2O6. The highest BCUT2D eigenvalue weighted by atomic mass is 16.6. The predicted octanol–water partition coefficient (Wildman–Crippen LogP) is 1.40. The quantitative estimate of drug-likeness (QED) is 0.503. The van der Waals surface area contributed by atoms with Gasteiger partial charge in [0.1, 0.15) is 6.23 Å². The van der Waals surface area contributed by atoms with Crippen LogP contribution in [0.4, 0.5) is 0 Å². The third-order valence-electron chi connectivity index (χ3n) is 4.53. The van der Waals surface area contributed by atoms with E-state index in [-0.39, 0.29) is 6.42 Å². The molecule has 0 radical (unpaired) electrons. The van der Waals surface area contributed by atoms with Crippen LogP contribution in [-0.2, 0) is 14.3 Å². The second-order valence-corrected chi connectivity index (χ2v) is 6.73. The monoisotopic (exact) mass is 368 g/mol. The molecular weight excluding hydrogens is 340 g/mol. The fraction of sp³-hybridized carbons (Fsp3) is 0.722. The van der Waals surface area contributed by atoms with Crippen molar-refractivity contribution in [2.75, 3.05) is 6.61 Å². The average molecular weight is 368 g/mol. The van der Waals surface area contributed by atoms with Crippen molar-refractivity contribution in [3.05, 3.63) is 32.6 Å². The van der Waals surface area contributed by atoms with Gasteiger partial charge in [-0.15, -0.1) is 0 Å². The zero-order chi connectivity index (χ0) is 19.1. The van der Waals surface area contributed by atoms with Gasteiger partial charge in [0, 0.05) is 18.2 Å². The maximum atomic E-state index is 12.1. The molecule has 1 aliphatic heterocycles. The number of esters is 1. The van der Waals surface area contributed by atoms with Crippen molar-refractivity contribution in [1.82, 2.24) is 9.55 Å². The van der Waals surface area contributed by atoms with Crippen molar-refractivity contribution >= 4 is 5.97 Å². The Balaban J connectivity index is 1.84. The Bertz CT molecular complexity index is 710. The third-order valence-corrected chi connectivity index (χ3v) is 4.53. The number of rotatable bonds is 9. The zero-order valence-electron chi connectivity index (χ0n) is 15.4. The highest BCUT2D eigenvalue weighted by Crippen LogP contribution is 2.28. The molecule has 146 valence electrons. The van der Waals surface area contributed by atoms with E-state index in [1.54, 1.807) is 6.92 Å². The number of aliphatic hydroxyl groups is 1. The maximum absolute atomic E-state index is 12.1. The molecule has 1 aromatic heterocycles. The summed E-state index contributed by atoms with van der Waals surface area (Å²) in [6, 6.07) is 0. The first-order valence-electron chi connectivity index (χ1n) is 9.26. The molecule has 0 aliphatic carbocycles. The maximum Gasteiger partial charge on any atom is 0.338 e. The number of carbonyl (C=O) groups is 1. The number of hydrogen-bond acceptors (Lipinski definition) is 6. The van der Waals surface area contributed by atoms with Crippen molar-refractivity contribution in [2.24, 2.45) is 0 Å². The number of nitrogens with zero attached hydrogens (tertiary/aromatic N) is 1. The SMILES string of the molecule is CCCCCCCCOC(=O)[C@H]1O[C@@H](n2cc(C)c(=O)[nH]c2=O)C[C@@H]1O. The number of H-pyrrole nitrogens is 1. The molecule has 2 N–H and O–H groups in total. The topological polar surface area (TPSA) is 111 Å². The Hall–Kier alpha value is -1.93. The van der Waals surface area contributed by atoms with Gasteiger partial charge in [0.15, 0.2) is 6.10 Å². The van der Waals surface area contributed by atoms with Crippen LogP contribution in [-0.4, -0.2) is 39.4 Å². The minimum Gasteiger partial charge on any atom is -0.464 e. The minimum atomic E-state index is -1.13. The van der Waals surface area contributed by atoms with E-state index in [0.717, 1.165) is 19.3 Å². The molecule has 0 amide bonds. The number of aromatic amines is 1. The van der Waals surface area contributed by atoms with E-state index >= 15 is 0 Å². The number of nitrogens with one attached hydrogen (secondary N) is 1. The molecule has 8 heteroatoms. The highest BCUT2D eigenvalue weighted by Gasteiger charge is 2.41. The molecule has 0 aromatic carbocycles. The Morgan fingerprint density at radius 2 is 2.00 bits per heavy atom. The van der Waals surface area contributed by atoms with Gasteiger partial charge in [-0.3, -0.25) is 14.3 Å². The zero-order valence-corrected chi connectivity index (χ0v) is 15.4. The van der Waals surface area contributed by atoms with E-state index in [1.165, 1.54) is 30.0 Å². The standard InChI is InChI=1S/C18H28N2O6/c1-3-4-5-6-7-8-9-25-17(23)15-13(21)10-14(26-15)20-11-12(2)16(22)19-18(20)24/h11,13-15,21H,3-10H2,1-2H3,(H,19,22,24)/t13-,14+,15-/m0/s1. The molecule has 3 atom stereocenters. The Morgan fingerprint density at radius 3 is 2.73 bits per heavy atom. The first-order valence-corrected chi connectivity index (χ1v) is 9.26. The summed E-state index contributed by atoms with van der Waals surface area (Å²) in [5.74, 6) is -0.622. The fourth-order valence-electron chi connectivity index (χ4n) is 2.97. The van der Waals surface area contributed by atoms with Gasteiger partial charge in [0.2, 0.25) is 0 Å². The molecule has 26 heavy (non-hydrogen) atoms. The van der Waals surface area contributed by atoms with Crippen molar-refractivity contribution in [3.63, 3.8) is 0 Å². The fourth-order valence-corrected chi connectivity index (χ4v) is 2.97. The lowest BCUT2D eigenvalue weighted by atomic mass is 10.1. The van der Waals surface area contributed by atoms with E-state index in [1.807, 2.05) is 0 Å². The molecule has 2 heterocycles. The van der Waals surface area contributed by atoms with E-state index < -0.39 is 35.7 Å². The van der Waals surface area contributed by atoms with Gasteiger partial charge in [-0.25, -0.2) is 9.59 Å². The second-order valence-electron chi connectivity index (χ2n) is 6.73. The van der Waals surface area contributed by atoms with Crippen LogP contribution in [0.5, 0.6) is 0 Å². The lowest BCUT2D eigenvalue weighted by molar-refractivity contribution is -0.162. The number of aliphatic hydroxyl groups excluding tert-OH is 1. The van der Waals surface area contributed by atoms with Crippen LogP contribution >= 0.6 is 0 Å². The summed E-state index contributed by atoms with van der Waals surface area (Å²) < 4.78 is 11.9. The molecule has 0 spiro atoms. The van der Waals surface area contributed by atoms with E-state index in [2.05, 4.69) is 11.9 Å². The van der Waals surface area contributed by atoms with Gasteiger partial charge in [0.25, 0.3) is 5.56 Å². The van der Waals surface area contributed by atoms with Crippen LogP contribution < -0.4 is 11.2 Å². The number of hydrogen-bond donors (Lipinski definition) is 2. The van der Waals surface area contributed by atoms with Crippen LogP contribution in [0.1, 0.15) is 63.7 Å². The van der Waals surface area contributed by atoms with Crippen molar-refractivity contribution in [3.8, 4) is 0 Å². The van der Waals surface area contributed by atoms with Crippen LogP contribution in [0.2, 0.25) is 0 Å². The van der Waals surface area contributed by atoms with Crippen molar-refractivity contribution in [2.45, 2.75) is 77.2 Å². The molecule has 0 unspecified atom stereocenters. The van der Waals surface area contributed by atoms with Gasteiger partial charge >= 0.3 is 11.7 Å². The molecule has 8 nitrogen and oxygen atoms in total. The van der Waals surface area contributed by atoms with Crippen LogP contribution in [0.15, 0.2) is 15.8 Å². The van der Waals surface area contributed by atoms with Gasteiger partial charge in [-0.1, -0.05) is 39.0 Å². The summed E-state index contributed by atoms with van der Waals surface area (Å²) in [6.07, 6.45) is 4.91. The first-order chi connectivity index (χ1) is 12.4. The Labute approximate surface area is 152 Å². The summed E-state index contributed by atoms with van der Waals surface area (Å²) in [5.41, 5.74) is -0.768. The smallest absolute Gasteiger partial charge is 0.338 e. The predicted molar refractivity (Wildman–Crippen MR) is 94.9 cm³/mol. The molecule has 0 saturated carbocycles. The minimum absolute atomic E-state index is 0.0716. The summed E-state index contributed by atoms with van der Waals surface area (Å²) in [5, 5.41) is 10.1. The van der Waals surface area contributed by atoms with Crippen molar-refractivity contribution in [1.29, 1.82) is 0 Å². The largest absolute Gasteiger partial charge is 0.464 e. The van der Waals surface area contributed by atoms with E-state index in [0.29, 0.717) is 12.2 Å². The van der Waals surface area contributed by atoms with Gasteiger partial charge in [0.05, 0.1) is 12.7 Å². The number of ether oxygens (including phenoxy) is 2. The number of unbranched alkanes of at least 4 members (excludes halogenated alkanes) is 5. The number of carbonyl (C=O) groups excluding carboxylic acids is 1. The summed E-state index contributed by atoms with van der Waals surface area (Å²) in [6.45, 7) is 4.01. The second kappa shape index (κ2) is 9.68. The normalized spacial score (nSPS) is 22.5. The average Bonchev–Trinajstić information content (AvgIpc) is 2.98. The molecule has 1 aromatic rings. The molecule has 1 aliphatic rings. The van der Waals surface area contributed by atoms with E-state index in [9.17, 15) is 19.5 Å². The van der Waals surface area contributed by atoms with Crippen LogP contribution in [0, 0.1) is 6.92 Å². The molecule has 1 fully saturated rings. The number of aryl methyl sites for hydroxylation is 1. The first kappa shape index (κ1) is 20.4. The highest BCUT2D eigenvalue weighted by molar-refractivity contribution is 5.75. The van der Waals surface area contributed by atoms with Gasteiger partial charge < -0.3 is 14.6 Å². The molecule has 2 rings (SSSR count). The lowest BCUT2D eigenvalue weighted by Crippen LogP contribution is -2.34. The van der Waals surface area contributed by atoms with Gasteiger partial charge in [-0.2, -0.15) is 0 Å². The molecule has 0 bridgehead atoms. The summed E-state index contributed by atoms with van der Waals surface area (Å²) in [7, 11) is 0. The van der Waals surface area contributed by atoms with Crippen LogP contribution in [0.25, 0.3) is 0 Å². The number of aromatic nitrogens is 2. The van der Waals surface area contributed by atoms with E-state index in [4.69, 9.17) is 9.47 Å². The third kappa shape index (κ3) is 5.28. The van der Waals surface area contributed by atoms with Crippen LogP contribution in [0.3, 0.4) is 0 Å². The lowest BCUT2D eigenvalue weighted by Gasteiger charge is -2.15. The van der Waals surface area contributed by atoms with Crippen molar-refractivity contribution < 1.29 is 19.4 Å². The summed E-state index contributed by atoms with van der Waals surface area (Å²) >= 11 is 0. The Morgan fingerprint density at radius 1 is 1.31 bits per heavy atom. The summed E-state index contributed by atoms with van der Waals surface area (Å²) in [4.78, 5) is 37.7. The molecule has 1 saturated heterocycles. The Kier molecular flexibility index (Phi) is 7.59. The van der Waals surface area contributed by atoms with Gasteiger partial charge in [-0.05, 0) is 13.3 Å².